The summed E-state index contributed by atoms with van der Waals surface area (Å²) in [6.45, 7) is 0.770. The number of aryl methyl sites for hydroxylation is 1. The molecule has 1 aliphatic heterocycles. The van der Waals surface area contributed by atoms with Crippen LogP contribution >= 0.6 is 11.3 Å². The van der Waals surface area contributed by atoms with E-state index in [0.717, 1.165) is 29.7 Å². The third kappa shape index (κ3) is 5.70. The Hall–Kier alpha value is -3.69. The molecular formula is C26H27N3O5S. The second-order valence-corrected chi connectivity index (χ2v) is 8.99. The number of amides is 3. The van der Waals surface area contributed by atoms with Crippen LogP contribution in [0.1, 0.15) is 33.3 Å². The number of nitrogens with one attached hydrogen (secondary N) is 2. The molecule has 0 radical (unpaired) electrons. The summed E-state index contributed by atoms with van der Waals surface area (Å²) in [7, 11) is 3.11. The summed E-state index contributed by atoms with van der Waals surface area (Å²) in [5.74, 6) is -0.882. The lowest BCUT2D eigenvalue weighted by atomic mass is 10.0. The number of hydrogen-bond donors (Lipinski definition) is 2. The average molecular weight is 494 g/mol. The fraction of sp³-hybridized carbons (Fsp3) is 0.269. The molecule has 3 amide bonds. The first-order valence-corrected chi connectivity index (χ1v) is 12.1. The second-order valence-electron chi connectivity index (χ2n) is 8.05. The highest BCUT2D eigenvalue weighted by atomic mass is 32.1. The first-order chi connectivity index (χ1) is 17.0. The molecule has 0 aliphatic carbocycles. The predicted octanol–water partition coefficient (Wildman–Crippen LogP) is 3.79. The number of ether oxygens (including phenoxy) is 2. The maximum atomic E-state index is 12.9. The van der Waals surface area contributed by atoms with E-state index >= 15 is 0 Å². The van der Waals surface area contributed by atoms with Crippen LogP contribution in [0.4, 0.5) is 11.4 Å². The molecule has 1 aliphatic rings. The summed E-state index contributed by atoms with van der Waals surface area (Å²) in [5, 5.41) is 7.15. The van der Waals surface area contributed by atoms with Crippen molar-refractivity contribution in [2.24, 2.45) is 0 Å². The molecule has 2 aromatic carbocycles. The van der Waals surface area contributed by atoms with E-state index in [1.807, 2.05) is 53.9 Å². The summed E-state index contributed by atoms with van der Waals surface area (Å²) in [4.78, 5) is 40.3. The van der Waals surface area contributed by atoms with E-state index in [1.54, 1.807) is 18.1 Å². The molecule has 0 spiro atoms. The Balaban J connectivity index is 1.38. The molecule has 0 saturated heterocycles. The molecule has 2 N–H and O–H groups in total. The lowest BCUT2D eigenvalue weighted by Gasteiger charge is -2.29. The molecule has 3 aromatic rings. The average Bonchev–Trinajstić information content (AvgIpc) is 3.43. The van der Waals surface area contributed by atoms with Crippen molar-refractivity contribution in [1.82, 2.24) is 5.32 Å². The quantitative estimate of drug-likeness (QED) is 0.488. The number of anilines is 2. The molecule has 0 saturated carbocycles. The van der Waals surface area contributed by atoms with E-state index in [9.17, 15) is 14.4 Å². The zero-order chi connectivity index (χ0) is 24.8. The van der Waals surface area contributed by atoms with Crippen molar-refractivity contribution >= 4 is 40.4 Å². The Labute approximate surface area is 207 Å². The van der Waals surface area contributed by atoms with E-state index in [2.05, 4.69) is 10.6 Å². The number of carbonyl (C=O) groups excluding carboxylic acids is 3. The van der Waals surface area contributed by atoms with Crippen LogP contribution in [0.2, 0.25) is 0 Å². The van der Waals surface area contributed by atoms with Gasteiger partial charge in [-0.1, -0.05) is 18.2 Å². The third-order valence-electron chi connectivity index (χ3n) is 5.84. The van der Waals surface area contributed by atoms with Gasteiger partial charge in [0, 0.05) is 31.6 Å². The highest BCUT2D eigenvalue weighted by molar-refractivity contribution is 7.12. The van der Waals surface area contributed by atoms with Crippen molar-refractivity contribution in [2.45, 2.75) is 18.9 Å². The Bertz CT molecular complexity index is 1210. The first kappa shape index (κ1) is 24.4. The minimum atomic E-state index is -0.771. The van der Waals surface area contributed by atoms with Gasteiger partial charge in [0.15, 0.2) is 0 Å². The normalized spacial score (nSPS) is 13.5. The summed E-state index contributed by atoms with van der Waals surface area (Å²) >= 11 is 1.41. The van der Waals surface area contributed by atoms with Gasteiger partial charge in [0.25, 0.3) is 5.91 Å². The summed E-state index contributed by atoms with van der Waals surface area (Å²) in [5.41, 5.74) is 3.12. The number of rotatable bonds is 7. The molecule has 1 aromatic heterocycles. The van der Waals surface area contributed by atoms with Gasteiger partial charge in [0.1, 0.15) is 5.75 Å². The van der Waals surface area contributed by atoms with Crippen molar-refractivity contribution in [1.29, 1.82) is 0 Å². The largest absolute Gasteiger partial charge is 0.497 e. The fourth-order valence-corrected chi connectivity index (χ4v) is 4.72. The maximum absolute atomic E-state index is 12.9. The van der Waals surface area contributed by atoms with Gasteiger partial charge in [0.05, 0.1) is 18.1 Å². The highest BCUT2D eigenvalue weighted by Crippen LogP contribution is 2.31. The molecule has 1 atom stereocenters. The van der Waals surface area contributed by atoms with E-state index in [-0.39, 0.29) is 12.5 Å². The zero-order valence-electron chi connectivity index (χ0n) is 19.6. The van der Waals surface area contributed by atoms with Gasteiger partial charge in [-0.25, -0.2) is 0 Å². The summed E-state index contributed by atoms with van der Waals surface area (Å²) in [6.07, 6.45) is 1.18. The van der Waals surface area contributed by atoms with Gasteiger partial charge in [-0.05, 0) is 65.7 Å². The molecule has 9 heteroatoms. The minimum Gasteiger partial charge on any atom is -0.497 e. The van der Waals surface area contributed by atoms with Gasteiger partial charge < -0.3 is 25.0 Å². The molecule has 0 fully saturated rings. The van der Waals surface area contributed by atoms with Gasteiger partial charge in [-0.3, -0.25) is 14.4 Å². The van der Waals surface area contributed by atoms with Crippen molar-refractivity contribution in [3.63, 3.8) is 0 Å². The molecule has 1 unspecified atom stereocenters. The van der Waals surface area contributed by atoms with E-state index < -0.39 is 17.9 Å². The standard InChI is InChI=1S/C26H27N3O5S/c1-33-20-8-3-6-18(15-20)22(34-2)16-27-24(30)25(31)28-19-10-11-21-17(14-19)7-4-12-29(21)26(32)23-9-5-13-35-23/h3,5-6,8-11,13-15,22H,4,7,12,16H2,1-2H3,(H,27,30)(H,28,31). The second kappa shape index (κ2) is 11.2. The fourth-order valence-electron chi connectivity index (χ4n) is 4.05. The number of carbonyl (C=O) groups is 3. The lowest BCUT2D eigenvalue weighted by Crippen LogP contribution is -2.38. The van der Waals surface area contributed by atoms with Crippen LogP contribution in [0.3, 0.4) is 0 Å². The number of thiophene rings is 1. The summed E-state index contributed by atoms with van der Waals surface area (Å²) in [6, 6.07) is 16.4. The van der Waals surface area contributed by atoms with Crippen molar-refractivity contribution < 1.29 is 23.9 Å². The Morgan fingerprint density at radius 2 is 1.91 bits per heavy atom. The van der Waals surface area contributed by atoms with Gasteiger partial charge in [-0.15, -0.1) is 11.3 Å². The smallest absolute Gasteiger partial charge is 0.313 e. The first-order valence-electron chi connectivity index (χ1n) is 11.2. The van der Waals surface area contributed by atoms with E-state index in [4.69, 9.17) is 9.47 Å². The molecule has 35 heavy (non-hydrogen) atoms. The monoisotopic (exact) mass is 493 g/mol. The van der Waals surface area contributed by atoms with E-state index in [0.29, 0.717) is 22.9 Å². The molecule has 2 heterocycles. The Morgan fingerprint density at radius 3 is 2.66 bits per heavy atom. The molecular weight excluding hydrogens is 466 g/mol. The number of benzene rings is 2. The highest BCUT2D eigenvalue weighted by Gasteiger charge is 2.25. The van der Waals surface area contributed by atoms with Gasteiger partial charge >= 0.3 is 11.8 Å². The molecule has 0 bridgehead atoms. The van der Waals surface area contributed by atoms with Crippen LogP contribution in [0.15, 0.2) is 60.0 Å². The number of nitrogens with zero attached hydrogens (tertiary/aromatic N) is 1. The Kier molecular flexibility index (Phi) is 7.79. The number of fused-ring (bicyclic) bond motifs is 1. The summed E-state index contributed by atoms with van der Waals surface area (Å²) < 4.78 is 10.7. The number of hydrogen-bond acceptors (Lipinski definition) is 6. The maximum Gasteiger partial charge on any atom is 0.313 e. The van der Waals surface area contributed by atoms with Crippen LogP contribution < -0.4 is 20.3 Å². The van der Waals surface area contributed by atoms with Crippen molar-refractivity contribution in [3.8, 4) is 5.75 Å². The van der Waals surface area contributed by atoms with E-state index in [1.165, 1.54) is 18.4 Å². The lowest BCUT2D eigenvalue weighted by molar-refractivity contribution is -0.136. The third-order valence-corrected chi connectivity index (χ3v) is 6.70. The van der Waals surface area contributed by atoms with Gasteiger partial charge in [-0.2, -0.15) is 0 Å². The van der Waals surface area contributed by atoms with Crippen molar-refractivity contribution in [2.75, 3.05) is 37.5 Å². The van der Waals surface area contributed by atoms with Crippen LogP contribution in [0, 0.1) is 0 Å². The SMILES string of the molecule is COc1cccc(C(CNC(=O)C(=O)Nc2ccc3c(c2)CCCN3C(=O)c2cccs2)OC)c1. The minimum absolute atomic E-state index is 0.0270. The van der Waals surface area contributed by atoms with Crippen LogP contribution in [-0.2, 0) is 20.7 Å². The number of methoxy groups -OCH3 is 2. The molecule has 8 nitrogen and oxygen atoms in total. The van der Waals surface area contributed by atoms with Crippen LogP contribution in [0.5, 0.6) is 5.75 Å². The van der Waals surface area contributed by atoms with Crippen LogP contribution in [-0.4, -0.2) is 45.0 Å². The van der Waals surface area contributed by atoms with Crippen LogP contribution in [0.25, 0.3) is 0 Å². The molecule has 4 rings (SSSR count). The Morgan fingerprint density at radius 1 is 1.06 bits per heavy atom. The van der Waals surface area contributed by atoms with Gasteiger partial charge in [0.2, 0.25) is 0 Å². The zero-order valence-corrected chi connectivity index (χ0v) is 20.4. The predicted molar refractivity (Wildman–Crippen MR) is 135 cm³/mol. The molecule has 182 valence electrons. The topological polar surface area (TPSA) is 97.0 Å². The van der Waals surface area contributed by atoms with Crippen molar-refractivity contribution in [3.05, 3.63) is 76.0 Å².